The lowest BCUT2D eigenvalue weighted by Crippen LogP contribution is -2.57. The number of benzene rings is 2. The smallest absolute Gasteiger partial charge is 0.481 e. The Bertz CT molecular complexity index is 1340. The molecule has 10 heteroatoms. The summed E-state index contributed by atoms with van der Waals surface area (Å²) in [5.74, 6) is -0.545. The summed E-state index contributed by atoms with van der Waals surface area (Å²) < 4.78 is 42.7. The third-order valence-electron chi connectivity index (χ3n) is 7.76. The first-order valence-electron chi connectivity index (χ1n) is 10.9. The lowest BCUT2D eigenvalue weighted by atomic mass is 9.54. The van der Waals surface area contributed by atoms with Gasteiger partial charge in [0.1, 0.15) is 5.75 Å². The van der Waals surface area contributed by atoms with Gasteiger partial charge in [-0.3, -0.25) is 14.3 Å². The Balaban J connectivity index is 1.21. The molecule has 0 saturated heterocycles. The van der Waals surface area contributed by atoms with E-state index in [2.05, 4.69) is 15.2 Å². The first-order valence-corrected chi connectivity index (χ1v) is 10.9. The molecule has 4 aliphatic carbocycles. The summed E-state index contributed by atoms with van der Waals surface area (Å²) in [5.41, 5.74) is 1.29. The van der Waals surface area contributed by atoms with E-state index in [9.17, 15) is 22.8 Å². The van der Waals surface area contributed by atoms with Crippen LogP contribution >= 0.6 is 0 Å². The molecule has 1 amide bonds. The highest BCUT2D eigenvalue weighted by Crippen LogP contribution is 2.98. The fourth-order valence-corrected chi connectivity index (χ4v) is 6.49. The van der Waals surface area contributed by atoms with Crippen molar-refractivity contribution in [3.63, 3.8) is 0 Å². The largest absolute Gasteiger partial charge is 0.573 e. The second-order valence-electron chi connectivity index (χ2n) is 9.68. The van der Waals surface area contributed by atoms with Gasteiger partial charge in [-0.05, 0) is 46.9 Å². The van der Waals surface area contributed by atoms with E-state index in [0.717, 1.165) is 5.39 Å². The molecule has 7 nitrogen and oxygen atoms in total. The Kier molecular flexibility index (Phi) is 4.03. The molecule has 4 aliphatic rings. The number of hydrogen-bond donors (Lipinski definition) is 2. The number of hydrogen-bond acceptors (Lipinski definition) is 4. The van der Waals surface area contributed by atoms with Crippen LogP contribution < -0.4 is 10.1 Å². The number of fused-ring (bicyclic) bond motifs is 1. The van der Waals surface area contributed by atoms with E-state index in [0.29, 0.717) is 22.6 Å². The predicted molar refractivity (Wildman–Crippen MR) is 113 cm³/mol. The van der Waals surface area contributed by atoms with Gasteiger partial charge in [-0.1, -0.05) is 31.2 Å². The first-order chi connectivity index (χ1) is 16.0. The third kappa shape index (κ3) is 2.87. The van der Waals surface area contributed by atoms with Crippen molar-refractivity contribution in [1.82, 2.24) is 15.1 Å². The highest BCUT2D eigenvalue weighted by molar-refractivity contribution is 6.06. The number of aromatic nitrogens is 2. The zero-order chi connectivity index (χ0) is 24.0. The molecule has 2 bridgehead atoms. The molecule has 1 heterocycles. The van der Waals surface area contributed by atoms with E-state index in [4.69, 9.17) is 5.11 Å². The summed E-state index contributed by atoms with van der Waals surface area (Å²) in [6.07, 6.45) is -3.00. The van der Waals surface area contributed by atoms with E-state index in [1.54, 1.807) is 23.0 Å². The van der Waals surface area contributed by atoms with E-state index in [1.165, 1.54) is 24.3 Å². The van der Waals surface area contributed by atoms with Gasteiger partial charge in [-0.25, -0.2) is 0 Å². The summed E-state index contributed by atoms with van der Waals surface area (Å²) in [7, 11) is 0. The number of rotatable bonds is 7. The molecule has 176 valence electrons. The maximum absolute atomic E-state index is 13.2. The zero-order valence-electron chi connectivity index (χ0n) is 18.0. The second kappa shape index (κ2) is 6.52. The van der Waals surface area contributed by atoms with Crippen molar-refractivity contribution >= 4 is 22.8 Å². The molecule has 2 aromatic carbocycles. The van der Waals surface area contributed by atoms with E-state index in [1.807, 2.05) is 13.0 Å². The number of nitrogens with one attached hydrogen (secondary N) is 1. The summed E-state index contributed by atoms with van der Waals surface area (Å²) in [6.45, 7) is 2.24. The topological polar surface area (TPSA) is 93.5 Å². The van der Waals surface area contributed by atoms with Gasteiger partial charge in [0.25, 0.3) is 5.91 Å². The number of halogens is 3. The van der Waals surface area contributed by atoms with E-state index in [-0.39, 0.29) is 47.4 Å². The minimum absolute atomic E-state index is 0.117. The van der Waals surface area contributed by atoms with Crippen LogP contribution in [0.1, 0.15) is 29.3 Å². The molecule has 34 heavy (non-hydrogen) atoms. The first kappa shape index (κ1) is 21.0. The number of para-hydroxylation sites is 1. The van der Waals surface area contributed by atoms with Crippen molar-refractivity contribution in [1.29, 1.82) is 0 Å². The molecule has 1 aromatic heterocycles. The second-order valence-corrected chi connectivity index (χ2v) is 9.68. The summed E-state index contributed by atoms with van der Waals surface area (Å²) in [4.78, 5) is 24.4. The Morgan fingerprint density at radius 2 is 1.88 bits per heavy atom. The zero-order valence-corrected chi connectivity index (χ0v) is 18.0. The molecule has 2 N–H and O–H groups in total. The minimum atomic E-state index is -4.75. The number of carboxylic acids is 1. The average molecular weight is 471 g/mol. The average Bonchev–Trinajstić information content (AvgIpc) is 3.47. The van der Waals surface area contributed by atoms with Crippen LogP contribution in [0.3, 0.4) is 0 Å². The SMILES string of the molecule is CC1(CC(=O)O)C2C3[C@@H]1C32NC(=O)c1cccc2cnn(Cc3ccc(OC(F)(F)F)cc3)c12. The number of carbonyl (C=O) groups excluding carboxylic acids is 1. The minimum Gasteiger partial charge on any atom is -0.481 e. The van der Waals surface area contributed by atoms with Gasteiger partial charge < -0.3 is 15.2 Å². The van der Waals surface area contributed by atoms with Crippen LogP contribution in [-0.4, -0.2) is 38.7 Å². The van der Waals surface area contributed by atoms with Gasteiger partial charge in [0, 0.05) is 5.39 Å². The summed E-state index contributed by atoms with van der Waals surface area (Å²) in [5, 5.41) is 17.5. The number of amides is 1. The van der Waals surface area contributed by atoms with Crippen molar-refractivity contribution in [2.45, 2.75) is 31.8 Å². The maximum atomic E-state index is 13.2. The number of carboxylic acid groups (broad SMARTS) is 1. The van der Waals surface area contributed by atoms with Gasteiger partial charge in [-0.2, -0.15) is 5.10 Å². The van der Waals surface area contributed by atoms with E-state index < -0.39 is 12.3 Å². The van der Waals surface area contributed by atoms with Crippen molar-refractivity contribution < 1.29 is 32.6 Å². The molecule has 3 aromatic rings. The number of carbonyl (C=O) groups is 2. The van der Waals surface area contributed by atoms with Crippen molar-refractivity contribution in [3.05, 3.63) is 59.8 Å². The van der Waals surface area contributed by atoms with Crippen molar-refractivity contribution in [2.75, 3.05) is 0 Å². The highest BCUT2D eigenvalue weighted by atomic mass is 19.4. The van der Waals surface area contributed by atoms with Crippen LogP contribution in [0.25, 0.3) is 10.9 Å². The van der Waals surface area contributed by atoms with Gasteiger partial charge in [0.2, 0.25) is 0 Å². The van der Waals surface area contributed by atoms with Gasteiger partial charge in [-0.15, -0.1) is 13.2 Å². The van der Waals surface area contributed by atoms with Crippen LogP contribution in [0.4, 0.5) is 13.2 Å². The summed E-state index contributed by atoms with van der Waals surface area (Å²) >= 11 is 0. The lowest BCUT2D eigenvalue weighted by Gasteiger charge is -2.51. The molecular formula is C24H20F3N3O4. The number of alkyl halides is 3. The molecule has 4 saturated carbocycles. The van der Waals surface area contributed by atoms with Crippen molar-refractivity contribution in [3.8, 4) is 5.75 Å². The number of aliphatic carboxylic acids is 1. The van der Waals surface area contributed by atoms with Gasteiger partial charge >= 0.3 is 12.3 Å². The number of ether oxygens (including phenoxy) is 1. The Hall–Kier alpha value is -3.56. The van der Waals surface area contributed by atoms with E-state index >= 15 is 0 Å². The van der Waals surface area contributed by atoms with Gasteiger partial charge in [0.15, 0.2) is 0 Å². The fraction of sp³-hybridized carbons (Fsp3) is 0.375. The third-order valence-corrected chi connectivity index (χ3v) is 7.76. The van der Waals surface area contributed by atoms with Crippen molar-refractivity contribution in [2.24, 2.45) is 23.2 Å². The molecule has 5 atom stereocenters. The lowest BCUT2D eigenvalue weighted by molar-refractivity contribution is -0.274. The van der Waals surface area contributed by atoms with Gasteiger partial charge in [0.05, 0.1) is 35.8 Å². The Morgan fingerprint density at radius 3 is 2.53 bits per heavy atom. The summed E-state index contributed by atoms with van der Waals surface area (Å²) in [6, 6.07) is 10.8. The van der Waals surface area contributed by atoms with Crippen LogP contribution in [0.15, 0.2) is 48.7 Å². The molecule has 7 rings (SSSR count). The molecule has 0 aliphatic heterocycles. The normalized spacial score (nSPS) is 30.3. The Morgan fingerprint density at radius 1 is 1.18 bits per heavy atom. The number of nitrogens with zero attached hydrogens (tertiary/aromatic N) is 2. The van der Waals surface area contributed by atoms with Crippen LogP contribution in [0.2, 0.25) is 0 Å². The van der Waals surface area contributed by atoms with Crippen LogP contribution in [0.5, 0.6) is 5.75 Å². The van der Waals surface area contributed by atoms with Crippen LogP contribution in [0, 0.1) is 23.2 Å². The van der Waals surface area contributed by atoms with Crippen LogP contribution in [-0.2, 0) is 11.3 Å². The molecule has 0 radical (unpaired) electrons. The quantitative estimate of drug-likeness (QED) is 0.547. The standard InChI is InChI=1S/C24H20F3N3O4/c1-22(9-16(31)32)19-17-20(22)23(17,19)29-21(33)15-4-2-3-13-10-28-30(18(13)15)11-12-5-7-14(8-6-12)34-24(25,26)27/h2-8,10,17,19-20H,9,11H2,1H3,(H,29,33)(H,31,32)/t17?,19-,20?,22?,23?/m0/s1. The molecule has 0 spiro atoms. The molecular weight excluding hydrogens is 451 g/mol. The maximum Gasteiger partial charge on any atom is 0.573 e. The molecule has 4 fully saturated rings. The highest BCUT2D eigenvalue weighted by Gasteiger charge is 3.04. The predicted octanol–water partition coefficient (Wildman–Crippen LogP) is 3.82. The molecule has 4 unspecified atom stereocenters. The Labute approximate surface area is 191 Å². The fourth-order valence-electron chi connectivity index (χ4n) is 6.49. The monoisotopic (exact) mass is 471 g/mol.